The highest BCUT2D eigenvalue weighted by molar-refractivity contribution is 5.66. The second-order valence-corrected chi connectivity index (χ2v) is 5.88. The molecular formula is C19H20O6. The number of phenolic OH excluding ortho intramolecular Hbond substituents is 2. The molecule has 0 unspecified atom stereocenters. The molecule has 2 aliphatic rings. The average molecular weight is 344 g/mol. The van der Waals surface area contributed by atoms with Gasteiger partial charge in [-0.25, -0.2) is 0 Å². The van der Waals surface area contributed by atoms with Crippen molar-refractivity contribution in [2.75, 3.05) is 19.8 Å². The van der Waals surface area contributed by atoms with Gasteiger partial charge >= 0.3 is 5.97 Å². The molecule has 25 heavy (non-hydrogen) atoms. The van der Waals surface area contributed by atoms with Crippen LogP contribution in [0.4, 0.5) is 0 Å². The molecule has 2 heterocycles. The molecule has 0 fully saturated rings. The molecule has 6 heteroatoms. The summed E-state index contributed by atoms with van der Waals surface area (Å²) < 4.78 is 15.8. The van der Waals surface area contributed by atoms with E-state index in [1.54, 1.807) is 31.2 Å². The molecule has 2 aromatic rings. The van der Waals surface area contributed by atoms with Crippen LogP contribution in [0, 0.1) is 0 Å². The molecule has 0 saturated carbocycles. The Morgan fingerprint density at radius 3 is 1.88 bits per heavy atom. The zero-order chi connectivity index (χ0) is 18.0. The van der Waals surface area contributed by atoms with E-state index in [0.29, 0.717) is 42.4 Å². The van der Waals surface area contributed by atoms with E-state index in [-0.39, 0.29) is 17.5 Å². The summed E-state index contributed by atoms with van der Waals surface area (Å²) in [7, 11) is 0. The Balaban J connectivity index is 0.000000265. The van der Waals surface area contributed by atoms with Gasteiger partial charge in [-0.3, -0.25) is 4.79 Å². The first-order valence-electron chi connectivity index (χ1n) is 8.03. The molecule has 2 aromatic carbocycles. The molecule has 4 rings (SSSR count). The zero-order valence-corrected chi connectivity index (χ0v) is 14.1. The van der Waals surface area contributed by atoms with Crippen molar-refractivity contribution in [1.82, 2.24) is 0 Å². The van der Waals surface area contributed by atoms with Crippen molar-refractivity contribution in [3.05, 3.63) is 47.5 Å². The number of hydrogen-bond acceptors (Lipinski definition) is 6. The smallest absolute Gasteiger partial charge is 0.302 e. The molecule has 0 aromatic heterocycles. The first kappa shape index (κ1) is 17.0. The Kier molecular flexibility index (Phi) is 4.44. The second kappa shape index (κ2) is 6.55. The lowest BCUT2D eigenvalue weighted by atomic mass is 9.77. The van der Waals surface area contributed by atoms with Crippen LogP contribution in [0.15, 0.2) is 36.4 Å². The fraction of sp³-hybridized carbons (Fsp3) is 0.316. The lowest BCUT2D eigenvalue weighted by Crippen LogP contribution is -2.31. The lowest BCUT2D eigenvalue weighted by molar-refractivity contribution is -0.140. The third kappa shape index (κ3) is 2.84. The number of benzene rings is 2. The highest BCUT2D eigenvalue weighted by Gasteiger charge is 2.51. The quantitative estimate of drug-likeness (QED) is 0.774. The summed E-state index contributed by atoms with van der Waals surface area (Å²) in [5.74, 6) is 1.45. The number of carbonyl (C=O) groups excluding carboxylic acids is 1. The topological polar surface area (TPSA) is 85.2 Å². The highest BCUT2D eigenvalue weighted by Crippen LogP contribution is 2.55. The van der Waals surface area contributed by atoms with E-state index in [0.717, 1.165) is 0 Å². The van der Waals surface area contributed by atoms with Gasteiger partial charge in [0.2, 0.25) is 0 Å². The minimum Gasteiger partial charge on any atom is -0.507 e. The Labute approximate surface area is 145 Å². The van der Waals surface area contributed by atoms with E-state index in [1.165, 1.54) is 6.92 Å². The molecule has 0 aliphatic carbocycles. The zero-order valence-electron chi connectivity index (χ0n) is 14.1. The molecule has 2 N–H and O–H groups in total. The number of carbonyl (C=O) groups is 1. The highest BCUT2D eigenvalue weighted by atomic mass is 16.5. The maximum atomic E-state index is 10.2. The number of rotatable bonds is 1. The Morgan fingerprint density at radius 2 is 1.52 bits per heavy atom. The molecule has 0 amide bonds. The molecule has 6 nitrogen and oxygen atoms in total. The molecule has 0 atom stereocenters. The predicted octanol–water partition coefficient (Wildman–Crippen LogP) is 2.74. The standard InChI is InChI=1S/C15H12O4.C4H8O2/c16-9-3-1-5-11-13(9)15(7-18-11)8-19-12-6-2-4-10(17)14(12)15;1-3-6-4(2)5/h1-6,16-17H,7-8H2;3H2,1-2H3. The van der Waals surface area contributed by atoms with E-state index in [4.69, 9.17) is 9.47 Å². The number of ether oxygens (including phenoxy) is 3. The molecule has 0 bridgehead atoms. The van der Waals surface area contributed by atoms with Gasteiger partial charge in [-0.2, -0.15) is 0 Å². The summed E-state index contributed by atoms with van der Waals surface area (Å²) in [5, 5.41) is 20.3. The van der Waals surface area contributed by atoms with Crippen molar-refractivity contribution in [1.29, 1.82) is 0 Å². The van der Waals surface area contributed by atoms with Gasteiger partial charge in [-0.15, -0.1) is 0 Å². The summed E-state index contributed by atoms with van der Waals surface area (Å²) in [4.78, 5) is 9.82. The number of fused-ring (bicyclic) bond motifs is 4. The minimum atomic E-state index is -0.610. The van der Waals surface area contributed by atoms with E-state index in [2.05, 4.69) is 4.74 Å². The van der Waals surface area contributed by atoms with Crippen LogP contribution < -0.4 is 9.47 Å². The normalized spacial score (nSPS) is 15.3. The van der Waals surface area contributed by atoms with Crippen LogP contribution in [0.3, 0.4) is 0 Å². The summed E-state index contributed by atoms with van der Waals surface area (Å²) in [6.45, 7) is 4.38. The first-order chi connectivity index (χ1) is 12.0. The van der Waals surface area contributed by atoms with E-state index >= 15 is 0 Å². The van der Waals surface area contributed by atoms with Crippen molar-refractivity contribution >= 4 is 5.97 Å². The van der Waals surface area contributed by atoms with E-state index in [1.807, 2.05) is 12.1 Å². The van der Waals surface area contributed by atoms with Gasteiger partial charge in [-0.1, -0.05) is 12.1 Å². The fourth-order valence-corrected chi connectivity index (χ4v) is 3.30. The Hall–Kier alpha value is -2.89. The fourth-order valence-electron chi connectivity index (χ4n) is 3.30. The van der Waals surface area contributed by atoms with Crippen LogP contribution in [0.5, 0.6) is 23.0 Å². The minimum absolute atomic E-state index is 0.176. The molecule has 2 aliphatic heterocycles. The summed E-state index contributed by atoms with van der Waals surface area (Å²) >= 11 is 0. The van der Waals surface area contributed by atoms with Crippen LogP contribution in [0.25, 0.3) is 0 Å². The van der Waals surface area contributed by atoms with Gasteiger partial charge in [-0.05, 0) is 31.2 Å². The summed E-state index contributed by atoms with van der Waals surface area (Å²) in [5.41, 5.74) is 0.798. The number of esters is 1. The molecule has 0 saturated heterocycles. The van der Waals surface area contributed by atoms with Crippen molar-refractivity contribution < 1.29 is 29.2 Å². The van der Waals surface area contributed by atoms with Crippen molar-refractivity contribution in [3.8, 4) is 23.0 Å². The van der Waals surface area contributed by atoms with E-state index < -0.39 is 5.41 Å². The predicted molar refractivity (Wildman–Crippen MR) is 90.3 cm³/mol. The monoisotopic (exact) mass is 344 g/mol. The lowest BCUT2D eigenvalue weighted by Gasteiger charge is -2.21. The van der Waals surface area contributed by atoms with Crippen molar-refractivity contribution in [2.45, 2.75) is 19.3 Å². The van der Waals surface area contributed by atoms with Crippen LogP contribution in [0.2, 0.25) is 0 Å². The van der Waals surface area contributed by atoms with Crippen LogP contribution >= 0.6 is 0 Å². The van der Waals surface area contributed by atoms with E-state index in [9.17, 15) is 15.0 Å². The second-order valence-electron chi connectivity index (χ2n) is 5.88. The number of phenols is 2. The van der Waals surface area contributed by atoms with Gasteiger partial charge in [0.05, 0.1) is 17.7 Å². The first-order valence-corrected chi connectivity index (χ1v) is 8.03. The van der Waals surface area contributed by atoms with Crippen molar-refractivity contribution in [2.24, 2.45) is 0 Å². The maximum absolute atomic E-state index is 10.2. The molecule has 132 valence electrons. The number of aromatic hydroxyl groups is 2. The third-order valence-corrected chi connectivity index (χ3v) is 4.26. The van der Waals surface area contributed by atoms with Gasteiger partial charge in [0.1, 0.15) is 41.6 Å². The van der Waals surface area contributed by atoms with Crippen LogP contribution in [-0.2, 0) is 14.9 Å². The third-order valence-electron chi connectivity index (χ3n) is 4.26. The van der Waals surface area contributed by atoms with Gasteiger partial charge in [0.15, 0.2) is 0 Å². The largest absolute Gasteiger partial charge is 0.507 e. The maximum Gasteiger partial charge on any atom is 0.302 e. The average Bonchev–Trinajstić information content (AvgIpc) is 3.13. The van der Waals surface area contributed by atoms with Crippen molar-refractivity contribution in [3.63, 3.8) is 0 Å². The SMILES string of the molecule is CCOC(C)=O.Oc1cccc2c1C1(CO2)COc2cccc(O)c21. The Bertz CT molecular complexity index is 739. The van der Waals surface area contributed by atoms with Gasteiger partial charge in [0.25, 0.3) is 0 Å². The van der Waals surface area contributed by atoms with Gasteiger partial charge < -0.3 is 24.4 Å². The summed E-state index contributed by atoms with van der Waals surface area (Å²) in [6.07, 6.45) is 0. The van der Waals surface area contributed by atoms with Gasteiger partial charge in [0, 0.05) is 6.92 Å². The van der Waals surface area contributed by atoms with Crippen LogP contribution in [0.1, 0.15) is 25.0 Å². The summed E-state index contributed by atoms with van der Waals surface area (Å²) in [6, 6.07) is 10.4. The molecule has 0 radical (unpaired) electrons. The number of hydrogen-bond donors (Lipinski definition) is 2. The molecular weight excluding hydrogens is 324 g/mol. The molecule has 1 spiro atoms. The Morgan fingerprint density at radius 1 is 1.04 bits per heavy atom. The van der Waals surface area contributed by atoms with Crippen LogP contribution in [-0.4, -0.2) is 36.0 Å².